The average Bonchev–Trinajstić information content (AvgIpc) is 3.82. The molecule has 3 heteroatoms. The van der Waals surface area contributed by atoms with Crippen LogP contribution >= 0.6 is 0 Å². The van der Waals surface area contributed by atoms with Gasteiger partial charge in [0.05, 0.1) is 16.9 Å². The van der Waals surface area contributed by atoms with Gasteiger partial charge >= 0.3 is 0 Å². The van der Waals surface area contributed by atoms with E-state index in [9.17, 15) is 0 Å². The molecule has 2 heterocycles. The fourth-order valence-electron chi connectivity index (χ4n) is 7.10. The molecule has 236 valence electrons. The van der Waals surface area contributed by atoms with E-state index in [2.05, 4.69) is 162 Å². The molecule has 50 heavy (non-hydrogen) atoms. The van der Waals surface area contributed by atoms with Crippen molar-refractivity contribution in [2.75, 3.05) is 0 Å². The Kier molecular flexibility index (Phi) is 7.53. The number of fused-ring (bicyclic) bond motifs is 1. The van der Waals surface area contributed by atoms with Gasteiger partial charge in [-0.1, -0.05) is 158 Å². The molecule has 0 spiro atoms. The molecule has 0 radical (unpaired) electrons. The number of furan rings is 1. The van der Waals surface area contributed by atoms with Crippen molar-refractivity contribution < 1.29 is 4.42 Å². The van der Waals surface area contributed by atoms with E-state index in [-0.39, 0.29) is 0 Å². The van der Waals surface area contributed by atoms with Crippen LogP contribution in [-0.2, 0) is 6.42 Å². The van der Waals surface area contributed by atoms with Gasteiger partial charge in [-0.25, -0.2) is 4.98 Å². The first-order chi connectivity index (χ1) is 24.8. The van der Waals surface area contributed by atoms with Gasteiger partial charge in [0.25, 0.3) is 0 Å². The maximum Gasteiger partial charge on any atom is 0.145 e. The Morgan fingerprint density at radius 2 is 1.28 bits per heavy atom. The molecule has 6 aromatic carbocycles. The fraction of sp³-hybridized carbons (Fsp3) is 0.0426. The van der Waals surface area contributed by atoms with Gasteiger partial charge in [-0.3, -0.25) is 4.57 Å². The number of nitrogens with zero attached hydrogens (tertiary/aromatic N) is 2. The van der Waals surface area contributed by atoms with E-state index >= 15 is 0 Å². The van der Waals surface area contributed by atoms with Crippen LogP contribution in [0.2, 0.25) is 0 Å². The molecule has 2 aromatic heterocycles. The third-order valence-electron chi connectivity index (χ3n) is 9.43. The highest BCUT2D eigenvalue weighted by molar-refractivity contribution is 5.94. The molecule has 8 aromatic rings. The lowest BCUT2D eigenvalue weighted by molar-refractivity contribution is 0.594. The van der Waals surface area contributed by atoms with Crippen LogP contribution in [0.4, 0.5) is 0 Å². The van der Waals surface area contributed by atoms with Crippen LogP contribution in [0.3, 0.4) is 0 Å². The number of hydrogen-bond acceptors (Lipinski definition) is 2. The van der Waals surface area contributed by atoms with Crippen molar-refractivity contribution in [1.29, 1.82) is 0 Å². The Balaban J connectivity index is 1.34. The lowest BCUT2D eigenvalue weighted by Gasteiger charge is -2.17. The maximum atomic E-state index is 7.25. The van der Waals surface area contributed by atoms with Crippen LogP contribution in [0.1, 0.15) is 17.5 Å². The highest BCUT2D eigenvalue weighted by atomic mass is 16.3. The molecular formula is C47H32N2O. The Bertz CT molecular complexity index is 2450. The molecule has 0 saturated carbocycles. The van der Waals surface area contributed by atoms with Crippen LogP contribution in [0, 0.1) is 12.1 Å². The highest BCUT2D eigenvalue weighted by Crippen LogP contribution is 2.48. The van der Waals surface area contributed by atoms with Gasteiger partial charge < -0.3 is 4.42 Å². The second-order valence-corrected chi connectivity index (χ2v) is 12.5. The summed E-state index contributed by atoms with van der Waals surface area (Å²) in [5, 5.41) is 0. The number of aromatic nitrogens is 2. The van der Waals surface area contributed by atoms with Gasteiger partial charge in [-0.2, -0.15) is 0 Å². The lowest BCUT2D eigenvalue weighted by Crippen LogP contribution is -2.02. The van der Waals surface area contributed by atoms with Gasteiger partial charge in [-0.05, 0) is 42.2 Å². The molecule has 0 atom stereocenters. The summed E-state index contributed by atoms with van der Waals surface area (Å²) in [6.07, 6.45) is 8.48. The summed E-state index contributed by atoms with van der Waals surface area (Å²) in [6, 6.07) is 59.0. The van der Waals surface area contributed by atoms with Crippen molar-refractivity contribution in [2.45, 2.75) is 12.8 Å². The molecule has 3 nitrogen and oxygen atoms in total. The van der Waals surface area contributed by atoms with Crippen molar-refractivity contribution in [3.05, 3.63) is 187 Å². The number of imidazole rings is 1. The molecule has 1 aliphatic rings. The monoisotopic (exact) mass is 640 g/mol. The first-order valence-electron chi connectivity index (χ1n) is 17.0. The smallest absolute Gasteiger partial charge is 0.145 e. The Hall–Kier alpha value is -6.63. The molecule has 0 saturated heterocycles. The van der Waals surface area contributed by atoms with E-state index in [1.54, 1.807) is 0 Å². The number of allylic oxidation sites excluding steroid dienone is 1. The number of benzene rings is 5. The Morgan fingerprint density at radius 3 is 2.02 bits per heavy atom. The summed E-state index contributed by atoms with van der Waals surface area (Å²) < 4.78 is 9.48. The molecule has 0 N–H and O–H groups in total. The molecule has 9 rings (SSSR count). The van der Waals surface area contributed by atoms with E-state index in [1.165, 1.54) is 5.56 Å². The minimum absolute atomic E-state index is 0.862. The zero-order chi connectivity index (χ0) is 33.3. The molecule has 0 amide bonds. The van der Waals surface area contributed by atoms with Crippen molar-refractivity contribution in [3.8, 4) is 73.2 Å². The quantitative estimate of drug-likeness (QED) is 0.174. The summed E-state index contributed by atoms with van der Waals surface area (Å²) in [7, 11) is 0. The van der Waals surface area contributed by atoms with Crippen molar-refractivity contribution in [1.82, 2.24) is 9.55 Å². The van der Waals surface area contributed by atoms with E-state index < -0.39 is 0 Å². The maximum absolute atomic E-state index is 7.25. The molecule has 1 aliphatic carbocycles. The molecule has 0 unspecified atom stereocenters. The predicted octanol–water partition coefficient (Wildman–Crippen LogP) is 12.0. The largest absolute Gasteiger partial charge is 0.455 e. The topological polar surface area (TPSA) is 31.0 Å². The number of rotatable bonds is 7. The molecule has 0 bridgehead atoms. The fourth-order valence-corrected chi connectivity index (χ4v) is 7.10. The highest BCUT2D eigenvalue weighted by Gasteiger charge is 2.29. The molecular weight excluding hydrogens is 609 g/mol. The standard InChI is InChI=1S/C47H32N2O/c1-5-18-33(19-6-1)37-26-13-14-27-39(37)45-40-28-15-16-29-41(40)46(50-45)44-38(34-20-7-2-8-21-34)30-17-31-43(44)49-32-42(35-22-9-3-10-23-35)48-47(49)36-24-11-4-12-25-36/h1-7,9-15,17-20,22-28,30-32H,16,29H2. The predicted molar refractivity (Wildman–Crippen MR) is 203 cm³/mol. The summed E-state index contributed by atoms with van der Waals surface area (Å²) in [4.78, 5) is 5.26. The van der Waals surface area contributed by atoms with E-state index in [0.29, 0.717) is 0 Å². The van der Waals surface area contributed by atoms with Gasteiger partial charge in [0.2, 0.25) is 0 Å². The first kappa shape index (κ1) is 29.5. The van der Waals surface area contributed by atoms with Crippen molar-refractivity contribution in [2.24, 2.45) is 0 Å². The van der Waals surface area contributed by atoms with Crippen LogP contribution < -0.4 is 0 Å². The van der Waals surface area contributed by atoms with Gasteiger partial charge in [0.1, 0.15) is 17.3 Å². The van der Waals surface area contributed by atoms with E-state index in [4.69, 9.17) is 9.40 Å². The molecule has 0 fully saturated rings. The van der Waals surface area contributed by atoms with Crippen LogP contribution in [0.5, 0.6) is 0 Å². The lowest BCUT2D eigenvalue weighted by atomic mass is 9.89. The minimum Gasteiger partial charge on any atom is -0.455 e. The average molecular weight is 641 g/mol. The van der Waals surface area contributed by atoms with Gasteiger partial charge in [-0.15, -0.1) is 0 Å². The SMILES string of the molecule is c1cccc(-c2cccc(-n3cc(-c4ccccc4)nc3-c3ccccc3)c2-c2oc(-c3ccccc3-c3ccccc3)c3c2CCC=C3)c#1. The third kappa shape index (κ3) is 5.25. The van der Waals surface area contributed by atoms with E-state index in [1.807, 2.05) is 24.3 Å². The van der Waals surface area contributed by atoms with Crippen LogP contribution in [0.25, 0.3) is 79.3 Å². The van der Waals surface area contributed by atoms with Crippen LogP contribution in [-0.4, -0.2) is 9.55 Å². The Labute approximate surface area is 292 Å². The van der Waals surface area contributed by atoms with E-state index in [0.717, 1.165) is 91.6 Å². The summed E-state index contributed by atoms with van der Waals surface area (Å²) in [5.41, 5.74) is 12.7. The first-order valence-corrected chi connectivity index (χ1v) is 17.0. The Morgan fingerprint density at radius 1 is 0.600 bits per heavy atom. The van der Waals surface area contributed by atoms with Crippen molar-refractivity contribution in [3.63, 3.8) is 0 Å². The van der Waals surface area contributed by atoms with Gasteiger partial charge in [0, 0.05) is 45.1 Å². The zero-order valence-corrected chi connectivity index (χ0v) is 27.4. The minimum atomic E-state index is 0.862. The normalized spacial score (nSPS) is 12.0. The summed E-state index contributed by atoms with van der Waals surface area (Å²) >= 11 is 0. The van der Waals surface area contributed by atoms with Gasteiger partial charge in [0.15, 0.2) is 0 Å². The summed E-state index contributed by atoms with van der Waals surface area (Å²) in [6.45, 7) is 0. The zero-order valence-electron chi connectivity index (χ0n) is 27.4. The second-order valence-electron chi connectivity index (χ2n) is 12.5. The molecule has 0 aliphatic heterocycles. The van der Waals surface area contributed by atoms with Crippen molar-refractivity contribution >= 4 is 6.08 Å². The number of hydrogen-bond donors (Lipinski definition) is 0. The third-order valence-corrected chi connectivity index (χ3v) is 9.43. The van der Waals surface area contributed by atoms with Crippen LogP contribution in [0.15, 0.2) is 168 Å². The second kappa shape index (κ2) is 12.8. The summed E-state index contributed by atoms with van der Waals surface area (Å²) in [5.74, 6) is 2.62.